The summed E-state index contributed by atoms with van der Waals surface area (Å²) >= 11 is 0. The van der Waals surface area contributed by atoms with E-state index in [1.165, 1.54) is 5.57 Å². The first-order valence-electron chi connectivity index (χ1n) is 5.89. The second kappa shape index (κ2) is 7.64. The van der Waals surface area contributed by atoms with E-state index in [0.29, 0.717) is 17.3 Å². The van der Waals surface area contributed by atoms with E-state index in [-0.39, 0.29) is 0 Å². The molecule has 0 saturated heterocycles. The maximum atomic E-state index is 7.56. The van der Waals surface area contributed by atoms with Crippen LogP contribution in [0.4, 0.5) is 0 Å². The number of hydrogen-bond acceptors (Lipinski definition) is 3. The molecular formula is C14H23N3. The fraction of sp³-hybridized carbons (Fsp3) is 0.500. The van der Waals surface area contributed by atoms with Crippen LogP contribution in [0.2, 0.25) is 0 Å². The first kappa shape index (κ1) is 15.4. The minimum atomic E-state index is 0.300. The highest BCUT2D eigenvalue weighted by atomic mass is 14.8. The van der Waals surface area contributed by atoms with Gasteiger partial charge in [0.2, 0.25) is 0 Å². The Kier molecular flexibility index (Phi) is 6.92. The third-order valence-electron chi connectivity index (χ3n) is 2.70. The van der Waals surface area contributed by atoms with Gasteiger partial charge in [0.15, 0.2) is 0 Å². The molecule has 0 saturated carbocycles. The summed E-state index contributed by atoms with van der Waals surface area (Å²) < 4.78 is 0. The second-order valence-electron chi connectivity index (χ2n) is 4.03. The van der Waals surface area contributed by atoms with Crippen molar-refractivity contribution in [2.75, 3.05) is 0 Å². The molecule has 0 aromatic rings. The van der Waals surface area contributed by atoms with Gasteiger partial charge in [-0.15, -0.1) is 5.73 Å². The largest absolute Gasteiger partial charge is 0.396 e. The molecule has 0 aliphatic heterocycles. The summed E-state index contributed by atoms with van der Waals surface area (Å²) in [5, 5.41) is 7.56. The molecule has 0 rings (SSSR count). The van der Waals surface area contributed by atoms with Crippen LogP contribution in [-0.4, -0.2) is 11.9 Å². The van der Waals surface area contributed by atoms with Gasteiger partial charge >= 0.3 is 0 Å². The highest BCUT2D eigenvalue weighted by Crippen LogP contribution is 2.22. The molecule has 17 heavy (non-hydrogen) atoms. The minimum Gasteiger partial charge on any atom is -0.396 e. The van der Waals surface area contributed by atoms with Crippen LogP contribution in [0.25, 0.3) is 0 Å². The molecule has 94 valence electrons. The van der Waals surface area contributed by atoms with Gasteiger partial charge in [0.25, 0.3) is 0 Å². The molecule has 0 amide bonds. The predicted molar refractivity (Wildman–Crippen MR) is 75.5 cm³/mol. The fourth-order valence-corrected chi connectivity index (χ4v) is 1.67. The van der Waals surface area contributed by atoms with Crippen LogP contribution in [0.15, 0.2) is 34.3 Å². The zero-order valence-corrected chi connectivity index (χ0v) is 11.3. The van der Waals surface area contributed by atoms with Crippen molar-refractivity contribution in [3.8, 4) is 0 Å². The molecule has 1 unspecified atom stereocenters. The summed E-state index contributed by atoms with van der Waals surface area (Å²) in [7, 11) is 0. The third-order valence-corrected chi connectivity index (χ3v) is 2.70. The second-order valence-corrected chi connectivity index (χ2v) is 4.03. The quantitative estimate of drug-likeness (QED) is 0.536. The Balaban J connectivity index is 5.10. The minimum absolute atomic E-state index is 0.300. The molecule has 3 heteroatoms. The van der Waals surface area contributed by atoms with Crippen LogP contribution in [0, 0.1) is 11.3 Å². The highest BCUT2D eigenvalue weighted by molar-refractivity contribution is 5.95. The Hall–Kier alpha value is -1.60. The molecule has 3 N–H and O–H groups in total. The number of rotatable bonds is 6. The molecule has 0 heterocycles. The van der Waals surface area contributed by atoms with E-state index in [2.05, 4.69) is 31.2 Å². The molecule has 0 aliphatic carbocycles. The Labute approximate surface area is 104 Å². The normalized spacial score (nSPS) is 14.1. The molecule has 0 radical (unpaired) electrons. The van der Waals surface area contributed by atoms with E-state index in [1.54, 1.807) is 13.1 Å². The van der Waals surface area contributed by atoms with Gasteiger partial charge in [-0.1, -0.05) is 20.4 Å². The zero-order valence-electron chi connectivity index (χ0n) is 11.3. The Morgan fingerprint density at radius 1 is 1.59 bits per heavy atom. The summed E-state index contributed by atoms with van der Waals surface area (Å²) in [4.78, 5) is 4.26. The molecule has 0 fully saturated rings. The van der Waals surface area contributed by atoms with E-state index in [9.17, 15) is 0 Å². The molecule has 0 aromatic heterocycles. The molecule has 0 bridgehead atoms. The molecular weight excluding hydrogens is 210 g/mol. The van der Waals surface area contributed by atoms with Gasteiger partial charge in [0.05, 0.1) is 17.1 Å². The van der Waals surface area contributed by atoms with Crippen molar-refractivity contribution in [1.82, 2.24) is 0 Å². The number of nitrogens with two attached hydrogens (primary N) is 1. The average molecular weight is 233 g/mol. The van der Waals surface area contributed by atoms with Crippen LogP contribution in [-0.2, 0) is 0 Å². The zero-order chi connectivity index (χ0) is 13.4. The number of allylic oxidation sites excluding steroid dienone is 3. The van der Waals surface area contributed by atoms with E-state index < -0.39 is 0 Å². The summed E-state index contributed by atoms with van der Waals surface area (Å²) in [6, 6.07) is 0. The summed E-state index contributed by atoms with van der Waals surface area (Å²) in [6.45, 7) is 11.4. The molecule has 1 atom stereocenters. The molecule has 0 spiro atoms. The maximum absolute atomic E-state index is 7.56. The maximum Gasteiger partial charge on any atom is 0.0741 e. The van der Waals surface area contributed by atoms with Crippen molar-refractivity contribution < 1.29 is 0 Å². The SMILES string of the molecule is C=C=C(CC)C(C)CC(/N=C\C)=C(\N)C(C)=N. The van der Waals surface area contributed by atoms with Gasteiger partial charge in [-0.05, 0) is 38.2 Å². The van der Waals surface area contributed by atoms with E-state index in [4.69, 9.17) is 11.1 Å². The Morgan fingerprint density at radius 3 is 2.53 bits per heavy atom. The van der Waals surface area contributed by atoms with Crippen LogP contribution >= 0.6 is 0 Å². The van der Waals surface area contributed by atoms with Crippen LogP contribution in [0.1, 0.15) is 40.5 Å². The first-order chi connectivity index (χ1) is 7.97. The van der Waals surface area contributed by atoms with E-state index >= 15 is 0 Å². The lowest BCUT2D eigenvalue weighted by Crippen LogP contribution is -2.12. The van der Waals surface area contributed by atoms with Crippen LogP contribution < -0.4 is 5.73 Å². The van der Waals surface area contributed by atoms with Crippen molar-refractivity contribution in [3.63, 3.8) is 0 Å². The van der Waals surface area contributed by atoms with Crippen molar-refractivity contribution in [1.29, 1.82) is 5.41 Å². The number of hydrogen-bond donors (Lipinski definition) is 2. The van der Waals surface area contributed by atoms with Gasteiger partial charge in [-0.25, -0.2) is 0 Å². The molecule has 0 aliphatic rings. The smallest absolute Gasteiger partial charge is 0.0741 e. The van der Waals surface area contributed by atoms with Crippen molar-refractivity contribution in [3.05, 3.63) is 29.3 Å². The van der Waals surface area contributed by atoms with Crippen LogP contribution in [0.5, 0.6) is 0 Å². The third kappa shape index (κ3) is 4.83. The lowest BCUT2D eigenvalue weighted by Gasteiger charge is -2.14. The van der Waals surface area contributed by atoms with Gasteiger partial charge in [-0.2, -0.15) is 0 Å². The fourth-order valence-electron chi connectivity index (χ4n) is 1.67. The number of nitrogens with zero attached hydrogens (tertiary/aromatic N) is 1. The Bertz CT molecular complexity index is 382. The topological polar surface area (TPSA) is 62.2 Å². The lowest BCUT2D eigenvalue weighted by molar-refractivity contribution is 0.644. The summed E-state index contributed by atoms with van der Waals surface area (Å²) in [6.07, 6.45) is 3.36. The summed E-state index contributed by atoms with van der Waals surface area (Å²) in [5.74, 6) is 0.300. The van der Waals surface area contributed by atoms with Gasteiger partial charge in [0.1, 0.15) is 0 Å². The van der Waals surface area contributed by atoms with Gasteiger partial charge in [-0.3, -0.25) is 4.99 Å². The monoisotopic (exact) mass is 233 g/mol. The number of nitrogens with one attached hydrogen (secondary N) is 1. The van der Waals surface area contributed by atoms with Gasteiger partial charge < -0.3 is 11.1 Å². The van der Waals surface area contributed by atoms with Gasteiger partial charge in [0, 0.05) is 6.21 Å². The predicted octanol–water partition coefficient (Wildman–Crippen LogP) is 3.43. The Morgan fingerprint density at radius 2 is 2.18 bits per heavy atom. The molecule has 3 nitrogen and oxygen atoms in total. The average Bonchev–Trinajstić information content (AvgIpc) is 2.29. The molecule has 0 aromatic carbocycles. The standard InChI is InChI=1S/C14H23N3/c1-6-12(7-2)10(4)9-13(17-8-3)14(16)11(5)15/h8,10,15H,1,7,9,16H2,2-5H3/b14-13+,15-11?,17-8-. The highest BCUT2D eigenvalue weighted by Gasteiger charge is 2.12. The van der Waals surface area contributed by atoms with Crippen molar-refractivity contribution >= 4 is 11.9 Å². The van der Waals surface area contributed by atoms with E-state index in [1.807, 2.05) is 6.92 Å². The van der Waals surface area contributed by atoms with E-state index in [0.717, 1.165) is 18.5 Å². The summed E-state index contributed by atoms with van der Waals surface area (Å²) in [5.41, 5.74) is 11.6. The van der Waals surface area contributed by atoms with Crippen molar-refractivity contribution in [2.24, 2.45) is 16.6 Å². The van der Waals surface area contributed by atoms with Crippen molar-refractivity contribution in [2.45, 2.75) is 40.5 Å². The number of aliphatic imine (C=N–C) groups is 1. The van der Waals surface area contributed by atoms with Crippen LogP contribution in [0.3, 0.4) is 0 Å². The lowest BCUT2D eigenvalue weighted by atomic mass is 9.94. The first-order valence-corrected chi connectivity index (χ1v) is 5.89.